The molecule has 27 heavy (non-hydrogen) atoms. The van der Waals surface area contributed by atoms with Crippen LogP contribution in [0, 0.1) is 0 Å². The quantitative estimate of drug-likeness (QED) is 0.266. The molecule has 0 saturated carbocycles. The first-order chi connectivity index (χ1) is 12.8. The first kappa shape index (κ1) is 20.5. The van der Waals surface area contributed by atoms with Crippen LogP contribution in [0.2, 0.25) is 0 Å². The highest BCUT2D eigenvalue weighted by Crippen LogP contribution is 2.28. The zero-order chi connectivity index (χ0) is 20.0. The van der Waals surface area contributed by atoms with Crippen LogP contribution in [-0.2, 0) is 14.3 Å². The van der Waals surface area contributed by atoms with Gasteiger partial charge in [-0.3, -0.25) is 14.9 Å². The smallest absolute Gasteiger partial charge is 0.340 e. The van der Waals surface area contributed by atoms with Crippen molar-refractivity contribution >= 4 is 35.6 Å². The van der Waals surface area contributed by atoms with Gasteiger partial charge >= 0.3 is 12.0 Å². The summed E-state index contributed by atoms with van der Waals surface area (Å²) in [6.45, 7) is 6.86. The number of amides is 4. The van der Waals surface area contributed by atoms with E-state index in [1.54, 1.807) is 31.2 Å². The van der Waals surface area contributed by atoms with Crippen molar-refractivity contribution in [1.29, 1.82) is 0 Å². The molecular weight excluding hydrogens is 370 g/mol. The summed E-state index contributed by atoms with van der Waals surface area (Å²) in [7, 11) is 0. The van der Waals surface area contributed by atoms with E-state index in [0.29, 0.717) is 4.90 Å². The zero-order valence-corrected chi connectivity index (χ0v) is 15.9. The molecule has 2 atom stereocenters. The zero-order valence-electron chi connectivity index (χ0n) is 15.0. The molecule has 1 heterocycles. The highest BCUT2D eigenvalue weighted by molar-refractivity contribution is 7.99. The van der Waals surface area contributed by atoms with Crippen molar-refractivity contribution in [3.8, 4) is 0 Å². The van der Waals surface area contributed by atoms with E-state index in [-0.39, 0.29) is 17.9 Å². The van der Waals surface area contributed by atoms with Gasteiger partial charge in [0.2, 0.25) is 0 Å². The van der Waals surface area contributed by atoms with Crippen LogP contribution in [0.4, 0.5) is 4.79 Å². The maximum Gasteiger partial charge on any atom is 0.340 e. The SMILES string of the molecule is C=CCNC(=O)[C@H](C)OC(=O)c1ccccc1SC[C@]1(C)NC(=O)NC1=O. The summed E-state index contributed by atoms with van der Waals surface area (Å²) in [4.78, 5) is 48.1. The Bertz CT molecular complexity index is 782. The molecule has 1 aliphatic heterocycles. The third kappa shape index (κ3) is 5.10. The van der Waals surface area contributed by atoms with Crippen molar-refractivity contribution in [2.24, 2.45) is 0 Å². The molecule has 1 saturated heterocycles. The molecule has 1 aromatic carbocycles. The minimum Gasteiger partial charge on any atom is -0.449 e. The molecule has 144 valence electrons. The normalized spacial score (nSPS) is 19.6. The standard InChI is InChI=1S/C18H21N3O5S/c1-4-9-19-14(22)11(2)26-15(23)12-7-5-6-8-13(12)27-10-18(3)16(24)20-17(25)21-18/h4-8,11H,1,9-10H2,2-3H3,(H,19,22)(H2,20,21,24,25)/t11-,18-/m0/s1. The minimum atomic E-state index is -1.07. The number of nitrogens with one attached hydrogen (secondary N) is 3. The summed E-state index contributed by atoms with van der Waals surface area (Å²) in [5.41, 5.74) is -0.796. The Labute approximate surface area is 161 Å². The number of hydrogen-bond donors (Lipinski definition) is 3. The number of carbonyl (C=O) groups is 4. The fourth-order valence-electron chi connectivity index (χ4n) is 2.26. The van der Waals surface area contributed by atoms with Crippen LogP contribution >= 0.6 is 11.8 Å². The Balaban J connectivity index is 2.05. The molecule has 0 spiro atoms. The average molecular weight is 391 g/mol. The Morgan fingerprint density at radius 1 is 1.37 bits per heavy atom. The number of esters is 1. The topological polar surface area (TPSA) is 114 Å². The summed E-state index contributed by atoms with van der Waals surface area (Å²) >= 11 is 1.24. The van der Waals surface area contributed by atoms with E-state index < -0.39 is 35.5 Å². The van der Waals surface area contributed by atoms with Gasteiger partial charge in [-0.2, -0.15) is 0 Å². The van der Waals surface area contributed by atoms with E-state index in [9.17, 15) is 19.2 Å². The molecule has 1 aromatic rings. The monoisotopic (exact) mass is 391 g/mol. The second kappa shape index (κ2) is 8.72. The van der Waals surface area contributed by atoms with Crippen LogP contribution in [0.25, 0.3) is 0 Å². The molecular formula is C18H21N3O5S. The molecule has 0 unspecified atom stereocenters. The summed E-state index contributed by atoms with van der Waals surface area (Å²) < 4.78 is 5.22. The number of hydrogen-bond acceptors (Lipinski definition) is 6. The number of benzene rings is 1. The Kier molecular flexibility index (Phi) is 6.62. The maximum absolute atomic E-state index is 12.5. The van der Waals surface area contributed by atoms with Gasteiger partial charge in [0.1, 0.15) is 5.54 Å². The van der Waals surface area contributed by atoms with E-state index in [1.807, 2.05) is 0 Å². The maximum atomic E-state index is 12.5. The lowest BCUT2D eigenvalue weighted by Crippen LogP contribution is -2.46. The van der Waals surface area contributed by atoms with Crippen LogP contribution in [0.15, 0.2) is 41.8 Å². The third-order valence-electron chi connectivity index (χ3n) is 3.81. The Morgan fingerprint density at radius 3 is 2.70 bits per heavy atom. The van der Waals surface area contributed by atoms with E-state index >= 15 is 0 Å². The second-order valence-corrected chi connectivity index (χ2v) is 7.12. The van der Waals surface area contributed by atoms with Gasteiger partial charge in [0.05, 0.1) is 5.56 Å². The van der Waals surface area contributed by atoms with Gasteiger partial charge < -0.3 is 15.4 Å². The fourth-order valence-corrected chi connectivity index (χ4v) is 3.39. The Hall–Kier alpha value is -2.81. The first-order valence-corrected chi connectivity index (χ1v) is 9.20. The molecule has 8 nitrogen and oxygen atoms in total. The largest absolute Gasteiger partial charge is 0.449 e. The van der Waals surface area contributed by atoms with Crippen molar-refractivity contribution < 1.29 is 23.9 Å². The van der Waals surface area contributed by atoms with Crippen LogP contribution < -0.4 is 16.0 Å². The van der Waals surface area contributed by atoms with Crippen LogP contribution in [-0.4, -0.2) is 47.8 Å². The highest BCUT2D eigenvalue weighted by atomic mass is 32.2. The van der Waals surface area contributed by atoms with Crippen molar-refractivity contribution in [1.82, 2.24) is 16.0 Å². The summed E-state index contributed by atoms with van der Waals surface area (Å²) in [5, 5.41) is 7.31. The van der Waals surface area contributed by atoms with E-state index in [1.165, 1.54) is 24.8 Å². The molecule has 0 aromatic heterocycles. The summed E-state index contributed by atoms with van der Waals surface area (Å²) in [5.74, 6) is -1.27. The Morgan fingerprint density at radius 2 is 2.07 bits per heavy atom. The van der Waals surface area contributed by atoms with E-state index in [0.717, 1.165) is 0 Å². The number of carbonyl (C=O) groups excluding carboxylic acids is 4. The van der Waals surface area contributed by atoms with Gasteiger partial charge in [0.25, 0.3) is 11.8 Å². The van der Waals surface area contributed by atoms with Gasteiger partial charge in [0.15, 0.2) is 6.10 Å². The lowest BCUT2D eigenvalue weighted by molar-refractivity contribution is -0.128. The predicted molar refractivity (Wildman–Crippen MR) is 100 cm³/mol. The van der Waals surface area contributed by atoms with Crippen molar-refractivity contribution in [3.63, 3.8) is 0 Å². The number of rotatable bonds is 8. The van der Waals surface area contributed by atoms with Crippen molar-refractivity contribution in [3.05, 3.63) is 42.5 Å². The van der Waals surface area contributed by atoms with Crippen LogP contribution in [0.3, 0.4) is 0 Å². The lowest BCUT2D eigenvalue weighted by Gasteiger charge is -2.20. The third-order valence-corrected chi connectivity index (χ3v) is 5.20. The number of urea groups is 1. The second-order valence-electron chi connectivity index (χ2n) is 6.11. The minimum absolute atomic E-state index is 0.226. The average Bonchev–Trinajstić information content (AvgIpc) is 2.90. The molecule has 1 aliphatic rings. The number of ether oxygens (including phenoxy) is 1. The molecule has 2 rings (SSSR count). The van der Waals surface area contributed by atoms with Crippen molar-refractivity contribution in [2.45, 2.75) is 30.4 Å². The van der Waals surface area contributed by atoms with Crippen LogP contribution in [0.1, 0.15) is 24.2 Å². The lowest BCUT2D eigenvalue weighted by atomic mass is 10.1. The van der Waals surface area contributed by atoms with E-state index in [4.69, 9.17) is 4.74 Å². The van der Waals surface area contributed by atoms with Gasteiger partial charge in [0, 0.05) is 17.2 Å². The summed E-state index contributed by atoms with van der Waals surface area (Å²) in [6, 6.07) is 6.16. The molecule has 3 N–H and O–H groups in total. The van der Waals surface area contributed by atoms with Crippen molar-refractivity contribution in [2.75, 3.05) is 12.3 Å². The molecule has 0 radical (unpaired) electrons. The molecule has 0 bridgehead atoms. The molecule has 4 amide bonds. The van der Waals surface area contributed by atoms with Gasteiger partial charge in [-0.05, 0) is 26.0 Å². The van der Waals surface area contributed by atoms with Crippen LogP contribution in [0.5, 0.6) is 0 Å². The van der Waals surface area contributed by atoms with Gasteiger partial charge in [-0.15, -0.1) is 18.3 Å². The molecule has 0 aliphatic carbocycles. The summed E-state index contributed by atoms with van der Waals surface area (Å²) in [6.07, 6.45) is 0.560. The predicted octanol–water partition coefficient (Wildman–Crippen LogP) is 1.22. The van der Waals surface area contributed by atoms with Gasteiger partial charge in [-0.1, -0.05) is 18.2 Å². The van der Waals surface area contributed by atoms with Gasteiger partial charge in [-0.25, -0.2) is 9.59 Å². The highest BCUT2D eigenvalue weighted by Gasteiger charge is 2.42. The molecule has 1 fully saturated rings. The van der Waals surface area contributed by atoms with E-state index in [2.05, 4.69) is 22.5 Å². The number of imide groups is 1. The first-order valence-electron chi connectivity index (χ1n) is 8.22. The number of thioether (sulfide) groups is 1. The fraction of sp³-hybridized carbons (Fsp3) is 0.333. The molecule has 9 heteroatoms.